The van der Waals surface area contributed by atoms with Crippen molar-refractivity contribution in [3.8, 4) is 5.75 Å². The Kier molecular flexibility index (Phi) is 5.60. The molecule has 1 aliphatic heterocycles. The lowest BCUT2D eigenvalue weighted by Crippen LogP contribution is -2.49. The van der Waals surface area contributed by atoms with Crippen molar-refractivity contribution in [3.63, 3.8) is 0 Å². The Labute approximate surface area is 154 Å². The van der Waals surface area contributed by atoms with Crippen LogP contribution in [0.2, 0.25) is 0 Å². The number of hydrogen-bond donors (Lipinski definition) is 0. The summed E-state index contributed by atoms with van der Waals surface area (Å²) in [5.74, 6) is 0.257. The Balaban J connectivity index is 1.78. The van der Waals surface area contributed by atoms with Gasteiger partial charge in [0.05, 0.1) is 12.9 Å². The van der Waals surface area contributed by atoms with E-state index in [2.05, 4.69) is 4.90 Å². The maximum absolute atomic E-state index is 13.0. The molecule has 1 unspecified atom stereocenters. The summed E-state index contributed by atoms with van der Waals surface area (Å²) in [5.41, 5.74) is 1.61. The second-order valence-corrected chi connectivity index (χ2v) is 8.48. The van der Waals surface area contributed by atoms with E-state index in [1.54, 1.807) is 7.11 Å². The number of halogens is 1. The smallest absolute Gasteiger partial charge is 0.218 e. The van der Waals surface area contributed by atoms with Gasteiger partial charge < -0.3 is 4.74 Å². The van der Waals surface area contributed by atoms with Gasteiger partial charge in [-0.05, 0) is 42.4 Å². The molecular weight excluding hydrogens is 355 g/mol. The fourth-order valence-electron chi connectivity index (χ4n) is 3.19. The lowest BCUT2D eigenvalue weighted by Gasteiger charge is -2.39. The first-order valence-corrected chi connectivity index (χ1v) is 10.1. The first-order valence-electron chi connectivity index (χ1n) is 8.45. The Morgan fingerprint density at radius 3 is 2.58 bits per heavy atom. The molecule has 0 amide bonds. The van der Waals surface area contributed by atoms with Gasteiger partial charge >= 0.3 is 0 Å². The molecule has 3 rings (SSSR count). The van der Waals surface area contributed by atoms with Crippen LogP contribution in [0.4, 0.5) is 4.39 Å². The van der Waals surface area contributed by atoms with E-state index in [0.717, 1.165) is 11.3 Å². The zero-order valence-electron chi connectivity index (χ0n) is 14.9. The fourth-order valence-corrected chi connectivity index (χ4v) is 4.72. The molecule has 1 saturated heterocycles. The van der Waals surface area contributed by atoms with E-state index in [4.69, 9.17) is 4.74 Å². The third-order valence-electron chi connectivity index (χ3n) is 4.75. The molecule has 0 N–H and O–H groups in total. The number of hydrogen-bond acceptors (Lipinski definition) is 4. The van der Waals surface area contributed by atoms with Crippen LogP contribution in [-0.2, 0) is 15.8 Å². The van der Waals surface area contributed by atoms with E-state index in [9.17, 15) is 12.8 Å². The van der Waals surface area contributed by atoms with Gasteiger partial charge in [0.1, 0.15) is 11.6 Å². The molecule has 1 heterocycles. The van der Waals surface area contributed by atoms with Crippen molar-refractivity contribution in [3.05, 3.63) is 65.5 Å². The van der Waals surface area contributed by atoms with E-state index < -0.39 is 10.0 Å². The summed E-state index contributed by atoms with van der Waals surface area (Å²) in [6.45, 7) is 1.47. The molecule has 1 fully saturated rings. The molecule has 0 spiro atoms. The molecular formula is C19H23FN2O3S. The van der Waals surface area contributed by atoms with Gasteiger partial charge in [-0.3, -0.25) is 4.90 Å². The lowest BCUT2D eigenvalue weighted by atomic mass is 10.0. The lowest BCUT2D eigenvalue weighted by molar-refractivity contribution is 0.148. The first kappa shape index (κ1) is 18.8. The van der Waals surface area contributed by atoms with Crippen LogP contribution in [0, 0.1) is 5.82 Å². The van der Waals surface area contributed by atoms with Crippen LogP contribution in [0.25, 0.3) is 0 Å². The standard InChI is InChI=1S/C19H23FN2O3S/c1-21-10-11-22(13-19(21)16-4-3-5-18(12-16)25-2)26(23,24)14-15-6-8-17(20)9-7-15/h3-9,12,19H,10-11,13-14H2,1-2H3. The third-order valence-corrected chi connectivity index (χ3v) is 6.56. The SMILES string of the molecule is COc1cccc(C2CN(S(=O)(=O)Cc3ccc(F)cc3)CCN2C)c1. The van der Waals surface area contributed by atoms with Crippen LogP contribution in [0.5, 0.6) is 5.75 Å². The number of nitrogens with zero attached hydrogens (tertiary/aromatic N) is 2. The Morgan fingerprint density at radius 2 is 1.88 bits per heavy atom. The summed E-state index contributed by atoms with van der Waals surface area (Å²) in [4.78, 5) is 2.15. The maximum atomic E-state index is 13.0. The predicted octanol–water partition coefficient (Wildman–Crippen LogP) is 2.65. The van der Waals surface area contributed by atoms with Crippen LogP contribution in [0.1, 0.15) is 17.2 Å². The van der Waals surface area contributed by atoms with Crippen molar-refractivity contribution in [1.82, 2.24) is 9.21 Å². The first-order chi connectivity index (χ1) is 12.4. The minimum Gasteiger partial charge on any atom is -0.497 e. The highest BCUT2D eigenvalue weighted by Gasteiger charge is 2.32. The quantitative estimate of drug-likeness (QED) is 0.803. The number of ether oxygens (including phenoxy) is 1. The van der Waals surface area contributed by atoms with E-state index in [1.807, 2.05) is 31.3 Å². The second-order valence-electron chi connectivity index (χ2n) is 6.51. The van der Waals surface area contributed by atoms with Gasteiger partial charge in [-0.2, -0.15) is 4.31 Å². The second kappa shape index (κ2) is 7.73. The van der Waals surface area contributed by atoms with Crippen LogP contribution in [-0.4, -0.2) is 51.4 Å². The van der Waals surface area contributed by atoms with Crippen molar-refractivity contribution >= 4 is 10.0 Å². The van der Waals surface area contributed by atoms with Gasteiger partial charge in [0, 0.05) is 25.7 Å². The Hall–Kier alpha value is -1.96. The zero-order valence-corrected chi connectivity index (χ0v) is 15.7. The summed E-state index contributed by atoms with van der Waals surface area (Å²) < 4.78 is 45.5. The van der Waals surface area contributed by atoms with Gasteiger partial charge in [-0.25, -0.2) is 12.8 Å². The molecule has 2 aromatic rings. The number of rotatable bonds is 5. The van der Waals surface area contributed by atoms with E-state index in [1.165, 1.54) is 28.6 Å². The molecule has 0 aliphatic carbocycles. The minimum atomic E-state index is -3.48. The molecule has 0 saturated carbocycles. The molecule has 26 heavy (non-hydrogen) atoms. The molecule has 0 aromatic heterocycles. The van der Waals surface area contributed by atoms with E-state index in [0.29, 0.717) is 25.2 Å². The normalized spacial score (nSPS) is 19.4. The summed E-state index contributed by atoms with van der Waals surface area (Å²) in [5, 5.41) is 0. The predicted molar refractivity (Wildman–Crippen MR) is 99.0 cm³/mol. The molecule has 140 valence electrons. The van der Waals surface area contributed by atoms with Gasteiger partial charge in [0.15, 0.2) is 0 Å². The highest BCUT2D eigenvalue weighted by Crippen LogP contribution is 2.28. The van der Waals surface area contributed by atoms with Crippen LogP contribution >= 0.6 is 0 Å². The summed E-state index contributed by atoms with van der Waals surface area (Å²) >= 11 is 0. The Bertz CT molecular complexity index is 855. The van der Waals surface area contributed by atoms with Crippen molar-refractivity contribution in [2.24, 2.45) is 0 Å². The molecule has 2 aromatic carbocycles. The number of methoxy groups -OCH3 is 1. The molecule has 5 nitrogen and oxygen atoms in total. The molecule has 7 heteroatoms. The van der Waals surface area contributed by atoms with Gasteiger partial charge in [-0.1, -0.05) is 24.3 Å². The molecule has 0 radical (unpaired) electrons. The molecule has 1 atom stereocenters. The number of sulfonamides is 1. The van der Waals surface area contributed by atoms with E-state index >= 15 is 0 Å². The molecule has 1 aliphatic rings. The average Bonchev–Trinajstić information content (AvgIpc) is 2.63. The average molecular weight is 378 g/mol. The van der Waals surface area contributed by atoms with Crippen molar-refractivity contribution < 1.29 is 17.5 Å². The maximum Gasteiger partial charge on any atom is 0.218 e. The van der Waals surface area contributed by atoms with Gasteiger partial charge in [0.2, 0.25) is 10.0 Å². The number of piperazine rings is 1. The summed E-state index contributed by atoms with van der Waals surface area (Å²) in [7, 11) is 0.132. The van der Waals surface area contributed by atoms with Gasteiger partial charge in [0.25, 0.3) is 0 Å². The van der Waals surface area contributed by atoms with Crippen molar-refractivity contribution in [2.75, 3.05) is 33.8 Å². The van der Waals surface area contributed by atoms with Gasteiger partial charge in [-0.15, -0.1) is 0 Å². The minimum absolute atomic E-state index is 0.0400. The number of benzene rings is 2. The van der Waals surface area contributed by atoms with Crippen LogP contribution in [0.15, 0.2) is 48.5 Å². The third kappa shape index (κ3) is 4.23. The molecule has 0 bridgehead atoms. The summed E-state index contributed by atoms with van der Waals surface area (Å²) in [6.07, 6.45) is 0. The zero-order chi connectivity index (χ0) is 18.7. The van der Waals surface area contributed by atoms with E-state index in [-0.39, 0.29) is 17.6 Å². The monoisotopic (exact) mass is 378 g/mol. The van der Waals surface area contributed by atoms with Crippen LogP contribution in [0.3, 0.4) is 0 Å². The summed E-state index contributed by atoms with van der Waals surface area (Å²) in [6, 6.07) is 13.3. The largest absolute Gasteiger partial charge is 0.497 e. The number of likely N-dealkylation sites (N-methyl/N-ethyl adjacent to an activating group) is 1. The fraction of sp³-hybridized carbons (Fsp3) is 0.368. The van der Waals surface area contributed by atoms with Crippen molar-refractivity contribution in [1.29, 1.82) is 0 Å². The topological polar surface area (TPSA) is 49.9 Å². The Morgan fingerprint density at radius 1 is 1.15 bits per heavy atom. The van der Waals surface area contributed by atoms with Crippen molar-refractivity contribution in [2.45, 2.75) is 11.8 Å². The highest BCUT2D eigenvalue weighted by molar-refractivity contribution is 7.88. The highest BCUT2D eigenvalue weighted by atomic mass is 32.2. The van der Waals surface area contributed by atoms with Crippen LogP contribution < -0.4 is 4.74 Å².